The molecule has 0 atom stereocenters. The summed E-state index contributed by atoms with van der Waals surface area (Å²) in [7, 11) is 0. The lowest BCUT2D eigenvalue weighted by Crippen LogP contribution is -2.19. The number of pyridine rings is 1. The van der Waals surface area contributed by atoms with Gasteiger partial charge in [-0.05, 0) is 48.9 Å². The molecule has 5 nitrogen and oxygen atoms in total. The molecule has 0 bridgehead atoms. The average molecular weight is 381 g/mol. The summed E-state index contributed by atoms with van der Waals surface area (Å²) in [6.07, 6.45) is 1.53. The first kappa shape index (κ1) is 18.4. The van der Waals surface area contributed by atoms with Gasteiger partial charge in [0.2, 0.25) is 0 Å². The zero-order valence-electron chi connectivity index (χ0n) is 14.3. The predicted molar refractivity (Wildman–Crippen MR) is 103 cm³/mol. The number of aryl methyl sites for hydroxylation is 1. The maximum absolute atomic E-state index is 13.3. The van der Waals surface area contributed by atoms with Crippen molar-refractivity contribution >= 4 is 29.0 Å². The molecule has 0 aliphatic rings. The Morgan fingerprint density at radius 1 is 1.11 bits per heavy atom. The van der Waals surface area contributed by atoms with Crippen molar-refractivity contribution in [2.45, 2.75) is 6.92 Å². The summed E-state index contributed by atoms with van der Waals surface area (Å²) >= 11 is 6.03. The molecule has 3 rings (SSSR count). The van der Waals surface area contributed by atoms with Gasteiger partial charge in [-0.2, -0.15) is 5.26 Å². The van der Waals surface area contributed by atoms with Crippen LogP contribution in [0.15, 0.2) is 54.7 Å². The number of halogens is 2. The van der Waals surface area contributed by atoms with E-state index in [-0.39, 0.29) is 5.82 Å². The fraction of sp³-hybridized carbons (Fsp3) is 0.0500. The Labute approximate surface area is 160 Å². The Morgan fingerprint density at radius 2 is 1.78 bits per heavy atom. The fourth-order valence-electron chi connectivity index (χ4n) is 2.49. The number of benzene rings is 2. The molecule has 2 N–H and O–H groups in total. The van der Waals surface area contributed by atoms with Crippen LogP contribution in [0, 0.1) is 24.1 Å². The molecule has 0 unspecified atom stereocenters. The normalized spacial score (nSPS) is 10.1. The molecule has 3 aromatic rings. The summed E-state index contributed by atoms with van der Waals surface area (Å²) in [5.41, 5.74) is 2.96. The van der Waals surface area contributed by atoms with E-state index >= 15 is 0 Å². The number of urea groups is 1. The second-order valence-electron chi connectivity index (χ2n) is 5.75. The van der Waals surface area contributed by atoms with Gasteiger partial charge in [0, 0.05) is 23.1 Å². The van der Waals surface area contributed by atoms with Crippen molar-refractivity contribution in [1.82, 2.24) is 4.98 Å². The minimum Gasteiger partial charge on any atom is -0.308 e. The number of anilines is 2. The first-order valence-corrected chi connectivity index (χ1v) is 8.35. The molecule has 7 heteroatoms. The lowest BCUT2D eigenvalue weighted by atomic mass is 10.1. The maximum Gasteiger partial charge on any atom is 0.323 e. The van der Waals surface area contributed by atoms with Crippen molar-refractivity contribution < 1.29 is 9.18 Å². The zero-order valence-corrected chi connectivity index (χ0v) is 15.0. The van der Waals surface area contributed by atoms with E-state index in [4.69, 9.17) is 11.6 Å². The molecule has 2 aromatic carbocycles. The molecular formula is C20H14ClFN4O. The minimum atomic E-state index is -0.452. The summed E-state index contributed by atoms with van der Waals surface area (Å²) in [6.45, 7) is 1.62. The third-order valence-corrected chi connectivity index (χ3v) is 4.16. The van der Waals surface area contributed by atoms with Gasteiger partial charge >= 0.3 is 6.03 Å². The summed E-state index contributed by atoms with van der Waals surface area (Å²) in [4.78, 5) is 16.3. The number of carbonyl (C=O) groups excluding carboxylic acids is 1. The standard InChI is InChI=1S/C20H14ClFN4O/c1-12-10-15(6-7-18(12)22)26-20(27)25-14-4-2-13(3-5-14)19-16(11-23)17(21)8-9-24-19/h2-10H,1H3,(H2,25,26,27). The number of carbonyl (C=O) groups is 1. The SMILES string of the molecule is Cc1cc(NC(=O)Nc2ccc(-c3nccc(Cl)c3C#N)cc2)ccc1F. The summed E-state index contributed by atoms with van der Waals surface area (Å²) < 4.78 is 13.3. The molecule has 0 saturated carbocycles. The third kappa shape index (κ3) is 4.22. The molecule has 0 aliphatic heterocycles. The van der Waals surface area contributed by atoms with Crippen LogP contribution in [0.3, 0.4) is 0 Å². The Bertz CT molecular complexity index is 1040. The number of amides is 2. The second kappa shape index (κ2) is 7.85. The largest absolute Gasteiger partial charge is 0.323 e. The highest BCUT2D eigenvalue weighted by Crippen LogP contribution is 2.27. The highest BCUT2D eigenvalue weighted by molar-refractivity contribution is 6.32. The van der Waals surface area contributed by atoms with Crippen LogP contribution < -0.4 is 10.6 Å². The van der Waals surface area contributed by atoms with Crippen molar-refractivity contribution in [1.29, 1.82) is 5.26 Å². The van der Waals surface area contributed by atoms with Crippen molar-refractivity contribution in [3.05, 3.63) is 76.7 Å². The molecule has 2 amide bonds. The fourth-order valence-corrected chi connectivity index (χ4v) is 2.68. The molecular weight excluding hydrogens is 367 g/mol. The van der Waals surface area contributed by atoms with Crippen LogP contribution in [0.2, 0.25) is 5.02 Å². The molecule has 1 aromatic heterocycles. The molecule has 0 fully saturated rings. The van der Waals surface area contributed by atoms with E-state index in [1.165, 1.54) is 18.3 Å². The topological polar surface area (TPSA) is 77.8 Å². The number of nitrogens with one attached hydrogen (secondary N) is 2. The molecule has 0 saturated heterocycles. The highest BCUT2D eigenvalue weighted by Gasteiger charge is 2.11. The summed E-state index contributed by atoms with van der Waals surface area (Å²) in [6, 6.07) is 14.3. The molecule has 134 valence electrons. The van der Waals surface area contributed by atoms with Gasteiger partial charge in [0.1, 0.15) is 11.9 Å². The molecule has 1 heterocycles. The summed E-state index contributed by atoms with van der Waals surface area (Å²) in [5.74, 6) is -0.331. The Balaban J connectivity index is 1.72. The van der Waals surface area contributed by atoms with Gasteiger partial charge in [0.25, 0.3) is 0 Å². The van der Waals surface area contributed by atoms with Crippen molar-refractivity contribution in [3.8, 4) is 17.3 Å². The van der Waals surface area contributed by atoms with E-state index in [1.807, 2.05) is 6.07 Å². The van der Waals surface area contributed by atoms with Gasteiger partial charge < -0.3 is 10.6 Å². The number of nitriles is 1. The molecule has 0 radical (unpaired) electrons. The number of aromatic nitrogens is 1. The van der Waals surface area contributed by atoms with E-state index in [0.29, 0.717) is 38.8 Å². The first-order chi connectivity index (χ1) is 13.0. The van der Waals surface area contributed by atoms with Crippen LogP contribution in [0.25, 0.3) is 11.3 Å². The number of hydrogen-bond donors (Lipinski definition) is 2. The second-order valence-corrected chi connectivity index (χ2v) is 6.16. The third-order valence-electron chi connectivity index (χ3n) is 3.84. The average Bonchev–Trinajstić information content (AvgIpc) is 2.65. The maximum atomic E-state index is 13.3. The van der Waals surface area contributed by atoms with Gasteiger partial charge in [-0.3, -0.25) is 4.98 Å². The van der Waals surface area contributed by atoms with E-state index in [0.717, 1.165) is 0 Å². The van der Waals surface area contributed by atoms with Crippen LogP contribution in [-0.4, -0.2) is 11.0 Å². The zero-order chi connectivity index (χ0) is 19.4. The van der Waals surface area contributed by atoms with Crippen LogP contribution in [-0.2, 0) is 0 Å². The van der Waals surface area contributed by atoms with Crippen LogP contribution in [0.1, 0.15) is 11.1 Å². The predicted octanol–water partition coefficient (Wildman–Crippen LogP) is 5.37. The van der Waals surface area contributed by atoms with E-state index in [2.05, 4.69) is 15.6 Å². The van der Waals surface area contributed by atoms with Crippen LogP contribution >= 0.6 is 11.6 Å². The van der Waals surface area contributed by atoms with Crippen molar-refractivity contribution in [2.75, 3.05) is 10.6 Å². The van der Waals surface area contributed by atoms with Crippen LogP contribution in [0.4, 0.5) is 20.6 Å². The summed E-state index contributed by atoms with van der Waals surface area (Å²) in [5, 5.41) is 14.9. The molecule has 0 aliphatic carbocycles. The molecule has 0 spiro atoms. The number of rotatable bonds is 3. The van der Waals surface area contributed by atoms with Crippen LogP contribution in [0.5, 0.6) is 0 Å². The Kier molecular flexibility index (Phi) is 5.34. The lowest BCUT2D eigenvalue weighted by molar-refractivity contribution is 0.262. The Hall–Kier alpha value is -3.43. The van der Waals surface area contributed by atoms with E-state index in [9.17, 15) is 14.4 Å². The van der Waals surface area contributed by atoms with Gasteiger partial charge in [-0.25, -0.2) is 9.18 Å². The monoisotopic (exact) mass is 380 g/mol. The van der Waals surface area contributed by atoms with E-state index in [1.54, 1.807) is 43.3 Å². The lowest BCUT2D eigenvalue weighted by Gasteiger charge is -2.10. The quantitative estimate of drug-likeness (QED) is 0.641. The van der Waals surface area contributed by atoms with Gasteiger partial charge in [-0.1, -0.05) is 23.7 Å². The van der Waals surface area contributed by atoms with Crippen molar-refractivity contribution in [2.24, 2.45) is 0 Å². The van der Waals surface area contributed by atoms with E-state index < -0.39 is 6.03 Å². The first-order valence-electron chi connectivity index (χ1n) is 7.97. The number of nitrogens with zero attached hydrogens (tertiary/aromatic N) is 2. The number of hydrogen-bond acceptors (Lipinski definition) is 3. The van der Waals surface area contributed by atoms with Crippen molar-refractivity contribution in [3.63, 3.8) is 0 Å². The minimum absolute atomic E-state index is 0.296. The van der Waals surface area contributed by atoms with Gasteiger partial charge in [0.05, 0.1) is 16.3 Å². The van der Waals surface area contributed by atoms with Gasteiger partial charge in [0.15, 0.2) is 0 Å². The molecule has 27 heavy (non-hydrogen) atoms. The Morgan fingerprint density at radius 3 is 2.44 bits per heavy atom. The smallest absolute Gasteiger partial charge is 0.308 e. The van der Waals surface area contributed by atoms with Gasteiger partial charge in [-0.15, -0.1) is 0 Å². The highest BCUT2D eigenvalue weighted by atomic mass is 35.5.